The van der Waals surface area contributed by atoms with Crippen molar-refractivity contribution in [2.45, 2.75) is 38.5 Å². The Morgan fingerprint density at radius 1 is 1.13 bits per heavy atom. The molecular formula is C26H27Cl2F3N8. The second-order valence-electron chi connectivity index (χ2n) is 10.4. The summed E-state index contributed by atoms with van der Waals surface area (Å²) in [6.45, 7) is 6.26. The van der Waals surface area contributed by atoms with Crippen LogP contribution >= 0.6 is 23.2 Å². The van der Waals surface area contributed by atoms with Crippen molar-refractivity contribution in [3.05, 3.63) is 63.9 Å². The standard InChI is InChI=1S/C26H27Cl2F3N8/c1-15(20-5-4-18(27)7-21(20)28)39-25-23(24(36-39)26(29,30)31)33-9-22(35-25)38-11-17(12-38)16-3-2-6-37(10-16)13-19-8-32-14-34-19/h4-5,7-9,14-17H,2-3,6,10-13H2,1H3,(H,32,34). The van der Waals surface area contributed by atoms with Crippen LogP contribution < -0.4 is 4.90 Å². The summed E-state index contributed by atoms with van der Waals surface area (Å²) >= 11 is 12.4. The molecule has 39 heavy (non-hydrogen) atoms. The summed E-state index contributed by atoms with van der Waals surface area (Å²) in [5.74, 6) is 1.60. The molecule has 0 saturated carbocycles. The Bertz CT molecular complexity index is 1470. The number of likely N-dealkylation sites (tertiary alicyclic amines) is 1. The van der Waals surface area contributed by atoms with Crippen molar-refractivity contribution in [2.75, 3.05) is 31.1 Å². The zero-order valence-corrected chi connectivity index (χ0v) is 22.7. The first-order valence-electron chi connectivity index (χ1n) is 12.9. The number of hydrogen-bond donors (Lipinski definition) is 1. The molecule has 1 N–H and O–H groups in total. The number of aromatic nitrogens is 6. The minimum Gasteiger partial charge on any atom is -0.355 e. The first kappa shape index (κ1) is 26.3. The average molecular weight is 579 g/mol. The minimum atomic E-state index is -4.67. The fourth-order valence-electron chi connectivity index (χ4n) is 5.71. The molecule has 8 nitrogen and oxygen atoms in total. The summed E-state index contributed by atoms with van der Waals surface area (Å²) in [7, 11) is 0. The molecular weight excluding hydrogens is 552 g/mol. The molecule has 206 valence electrons. The summed E-state index contributed by atoms with van der Waals surface area (Å²) in [5.41, 5.74) is 0.438. The molecule has 2 aliphatic rings. The topological polar surface area (TPSA) is 78.8 Å². The highest BCUT2D eigenvalue weighted by Crippen LogP contribution is 2.38. The second-order valence-corrected chi connectivity index (χ2v) is 11.3. The lowest BCUT2D eigenvalue weighted by atomic mass is 9.80. The predicted octanol–water partition coefficient (Wildman–Crippen LogP) is 5.83. The Morgan fingerprint density at radius 2 is 1.95 bits per heavy atom. The largest absolute Gasteiger partial charge is 0.437 e. The number of imidazole rings is 1. The molecule has 2 unspecified atom stereocenters. The van der Waals surface area contributed by atoms with Gasteiger partial charge in [-0.1, -0.05) is 29.3 Å². The molecule has 6 rings (SSSR count). The number of hydrogen-bond acceptors (Lipinski definition) is 6. The van der Waals surface area contributed by atoms with Gasteiger partial charge in [0.2, 0.25) is 0 Å². The van der Waals surface area contributed by atoms with E-state index >= 15 is 0 Å². The first-order chi connectivity index (χ1) is 18.7. The van der Waals surface area contributed by atoms with Crippen molar-refractivity contribution in [2.24, 2.45) is 11.8 Å². The summed E-state index contributed by atoms with van der Waals surface area (Å²) in [6, 6.07) is 4.27. The normalized spacial score (nSPS) is 19.9. The van der Waals surface area contributed by atoms with Crippen molar-refractivity contribution in [3.63, 3.8) is 0 Å². The fraction of sp³-hybridized carbons (Fsp3) is 0.462. The smallest absolute Gasteiger partial charge is 0.355 e. The third-order valence-corrected chi connectivity index (χ3v) is 8.39. The molecule has 0 aliphatic carbocycles. The van der Waals surface area contributed by atoms with E-state index in [-0.39, 0.29) is 11.2 Å². The second kappa shape index (κ2) is 10.3. The Kier molecular flexibility index (Phi) is 6.93. The van der Waals surface area contributed by atoms with Crippen LogP contribution in [0.1, 0.15) is 42.8 Å². The summed E-state index contributed by atoms with van der Waals surface area (Å²) in [4.78, 5) is 20.7. The van der Waals surface area contributed by atoms with Crippen LogP contribution in [0.4, 0.5) is 19.0 Å². The van der Waals surface area contributed by atoms with Crippen molar-refractivity contribution >= 4 is 40.2 Å². The Labute approximate surface area is 233 Å². The van der Waals surface area contributed by atoms with Gasteiger partial charge in [0.1, 0.15) is 11.3 Å². The maximum absolute atomic E-state index is 13.9. The van der Waals surface area contributed by atoms with Crippen LogP contribution in [0.2, 0.25) is 10.0 Å². The van der Waals surface area contributed by atoms with Gasteiger partial charge in [-0.25, -0.2) is 19.6 Å². The van der Waals surface area contributed by atoms with Crippen LogP contribution in [0.15, 0.2) is 36.9 Å². The number of nitrogens with one attached hydrogen (secondary N) is 1. The number of anilines is 1. The molecule has 2 aliphatic heterocycles. The number of benzene rings is 1. The van der Waals surface area contributed by atoms with E-state index in [0.29, 0.717) is 33.3 Å². The number of halogens is 5. The van der Waals surface area contributed by atoms with Gasteiger partial charge in [0, 0.05) is 48.1 Å². The van der Waals surface area contributed by atoms with Gasteiger partial charge < -0.3 is 9.88 Å². The van der Waals surface area contributed by atoms with Crippen molar-refractivity contribution in [3.8, 4) is 0 Å². The molecule has 0 spiro atoms. The van der Waals surface area contributed by atoms with Crippen molar-refractivity contribution < 1.29 is 13.2 Å². The van der Waals surface area contributed by atoms with Gasteiger partial charge in [0.05, 0.1) is 18.6 Å². The predicted molar refractivity (Wildman–Crippen MR) is 143 cm³/mol. The van der Waals surface area contributed by atoms with Gasteiger partial charge in [0.25, 0.3) is 0 Å². The Balaban J connectivity index is 1.23. The third-order valence-electron chi connectivity index (χ3n) is 7.83. The van der Waals surface area contributed by atoms with E-state index in [1.165, 1.54) is 17.3 Å². The van der Waals surface area contributed by atoms with Gasteiger partial charge in [0.15, 0.2) is 11.3 Å². The van der Waals surface area contributed by atoms with Crippen LogP contribution in [0, 0.1) is 11.8 Å². The van der Waals surface area contributed by atoms with E-state index in [2.05, 4.69) is 34.8 Å². The third kappa shape index (κ3) is 5.19. The number of aromatic amines is 1. The zero-order valence-electron chi connectivity index (χ0n) is 21.2. The molecule has 1 aromatic carbocycles. The summed E-state index contributed by atoms with van der Waals surface area (Å²) in [5, 5.41) is 4.70. The highest BCUT2D eigenvalue weighted by molar-refractivity contribution is 6.35. The molecule has 4 aromatic rings. The monoisotopic (exact) mass is 578 g/mol. The van der Waals surface area contributed by atoms with Crippen LogP contribution in [0.25, 0.3) is 11.2 Å². The lowest BCUT2D eigenvalue weighted by molar-refractivity contribution is -0.140. The van der Waals surface area contributed by atoms with Crippen LogP contribution in [0.3, 0.4) is 0 Å². The molecule has 3 aromatic heterocycles. The quantitative estimate of drug-likeness (QED) is 0.310. The zero-order chi connectivity index (χ0) is 27.3. The maximum Gasteiger partial charge on any atom is 0.437 e. The number of nitrogens with zero attached hydrogens (tertiary/aromatic N) is 7. The number of alkyl halides is 3. The molecule has 0 amide bonds. The SMILES string of the molecule is CC(c1ccc(Cl)cc1Cl)n1nc(C(F)(F)F)c2ncc(N3CC(C4CCCN(Cc5cnc[nH]5)C4)C3)nc21. The van der Waals surface area contributed by atoms with E-state index in [0.717, 1.165) is 44.8 Å². The molecule has 2 fully saturated rings. The number of fused-ring (bicyclic) bond motifs is 1. The van der Waals surface area contributed by atoms with E-state index in [1.807, 2.05) is 6.20 Å². The van der Waals surface area contributed by atoms with Crippen LogP contribution in [0.5, 0.6) is 0 Å². The average Bonchev–Trinajstić information content (AvgIpc) is 3.50. The number of rotatable bonds is 6. The van der Waals surface area contributed by atoms with E-state index in [1.54, 1.807) is 31.5 Å². The van der Waals surface area contributed by atoms with Crippen LogP contribution in [-0.4, -0.2) is 60.8 Å². The summed E-state index contributed by atoms with van der Waals surface area (Å²) < 4.78 is 42.9. The van der Waals surface area contributed by atoms with Crippen molar-refractivity contribution in [1.82, 2.24) is 34.6 Å². The van der Waals surface area contributed by atoms with Gasteiger partial charge in [-0.05, 0) is 55.8 Å². The molecule has 0 radical (unpaired) electrons. The van der Waals surface area contributed by atoms with E-state index in [9.17, 15) is 13.2 Å². The molecule has 13 heteroatoms. The van der Waals surface area contributed by atoms with Gasteiger partial charge >= 0.3 is 6.18 Å². The maximum atomic E-state index is 13.9. The van der Waals surface area contributed by atoms with Gasteiger partial charge in [-0.15, -0.1) is 0 Å². The lowest BCUT2D eigenvalue weighted by Gasteiger charge is -2.47. The molecule has 0 bridgehead atoms. The first-order valence-corrected chi connectivity index (χ1v) is 13.6. The van der Waals surface area contributed by atoms with Crippen LogP contribution in [-0.2, 0) is 12.7 Å². The van der Waals surface area contributed by atoms with E-state index < -0.39 is 17.9 Å². The lowest BCUT2D eigenvalue weighted by Crippen LogP contribution is -2.53. The molecule has 2 saturated heterocycles. The molecule has 2 atom stereocenters. The number of piperidine rings is 1. The summed E-state index contributed by atoms with van der Waals surface area (Å²) in [6.07, 6.45) is 2.63. The molecule has 5 heterocycles. The van der Waals surface area contributed by atoms with E-state index in [4.69, 9.17) is 23.2 Å². The fourth-order valence-corrected chi connectivity index (χ4v) is 6.28. The van der Waals surface area contributed by atoms with Gasteiger partial charge in [-0.2, -0.15) is 18.3 Å². The number of H-pyrrole nitrogens is 1. The van der Waals surface area contributed by atoms with Gasteiger partial charge in [-0.3, -0.25) is 4.90 Å². The Morgan fingerprint density at radius 3 is 2.67 bits per heavy atom. The minimum absolute atomic E-state index is 0.0743. The highest BCUT2D eigenvalue weighted by Gasteiger charge is 2.40. The highest BCUT2D eigenvalue weighted by atomic mass is 35.5. The Hall–Kier alpha value is -2.89. The van der Waals surface area contributed by atoms with Crippen molar-refractivity contribution in [1.29, 1.82) is 0 Å².